The SMILES string of the molecule is C=CC(=O)N1CCC(Nc2cc(=O)n(Cc3ccc(F)cc3)c3ccccc23)CC1. The number of pyridine rings is 1. The summed E-state index contributed by atoms with van der Waals surface area (Å²) in [4.78, 5) is 26.5. The molecule has 1 saturated heterocycles. The highest BCUT2D eigenvalue weighted by Crippen LogP contribution is 2.25. The normalized spacial score (nSPS) is 14.6. The number of hydrogen-bond donors (Lipinski definition) is 1. The summed E-state index contributed by atoms with van der Waals surface area (Å²) in [5, 5.41) is 4.48. The van der Waals surface area contributed by atoms with E-state index in [1.807, 2.05) is 24.3 Å². The summed E-state index contributed by atoms with van der Waals surface area (Å²) in [6.07, 6.45) is 2.97. The van der Waals surface area contributed by atoms with Crippen molar-refractivity contribution in [1.29, 1.82) is 0 Å². The number of fused-ring (bicyclic) bond motifs is 1. The lowest BCUT2D eigenvalue weighted by molar-refractivity contribution is -0.126. The van der Waals surface area contributed by atoms with Crippen molar-refractivity contribution in [3.8, 4) is 0 Å². The van der Waals surface area contributed by atoms with Crippen LogP contribution in [0.15, 0.2) is 72.0 Å². The number of carbonyl (C=O) groups is 1. The number of aromatic nitrogens is 1. The molecule has 0 aliphatic carbocycles. The Bertz CT molecular complexity index is 1130. The third-order valence-corrected chi connectivity index (χ3v) is 5.61. The van der Waals surface area contributed by atoms with Gasteiger partial charge in [0.1, 0.15) is 5.82 Å². The molecule has 1 aliphatic heterocycles. The predicted molar refractivity (Wildman–Crippen MR) is 117 cm³/mol. The number of likely N-dealkylation sites (tertiary alicyclic amines) is 1. The molecule has 1 N–H and O–H groups in total. The van der Waals surface area contributed by atoms with E-state index in [2.05, 4.69) is 11.9 Å². The Labute approximate surface area is 174 Å². The van der Waals surface area contributed by atoms with Crippen molar-refractivity contribution in [2.24, 2.45) is 0 Å². The molecule has 0 spiro atoms. The summed E-state index contributed by atoms with van der Waals surface area (Å²) in [5.41, 5.74) is 2.39. The molecule has 154 valence electrons. The number of hydrogen-bond acceptors (Lipinski definition) is 3. The van der Waals surface area contributed by atoms with Crippen molar-refractivity contribution in [2.75, 3.05) is 18.4 Å². The second-order valence-corrected chi connectivity index (χ2v) is 7.57. The van der Waals surface area contributed by atoms with Gasteiger partial charge >= 0.3 is 0 Å². The maximum absolute atomic E-state index is 13.2. The van der Waals surface area contributed by atoms with Gasteiger partial charge in [-0.3, -0.25) is 9.59 Å². The van der Waals surface area contributed by atoms with Gasteiger partial charge in [-0.1, -0.05) is 36.9 Å². The zero-order valence-electron chi connectivity index (χ0n) is 16.7. The fraction of sp³-hybridized carbons (Fsp3) is 0.250. The minimum Gasteiger partial charge on any atom is -0.381 e. The summed E-state index contributed by atoms with van der Waals surface area (Å²) in [7, 11) is 0. The van der Waals surface area contributed by atoms with Gasteiger partial charge in [0.05, 0.1) is 12.1 Å². The maximum Gasteiger partial charge on any atom is 0.253 e. The molecular weight excluding hydrogens is 381 g/mol. The van der Waals surface area contributed by atoms with Gasteiger partial charge in [-0.05, 0) is 42.7 Å². The molecule has 0 saturated carbocycles. The first-order valence-corrected chi connectivity index (χ1v) is 10.1. The van der Waals surface area contributed by atoms with Crippen LogP contribution in [0.3, 0.4) is 0 Å². The van der Waals surface area contributed by atoms with Gasteiger partial charge in [0.15, 0.2) is 0 Å². The first-order valence-electron chi connectivity index (χ1n) is 10.1. The average Bonchev–Trinajstić information content (AvgIpc) is 2.77. The van der Waals surface area contributed by atoms with Gasteiger partial charge in [-0.25, -0.2) is 4.39 Å². The van der Waals surface area contributed by atoms with E-state index in [9.17, 15) is 14.0 Å². The molecule has 1 fully saturated rings. The molecule has 30 heavy (non-hydrogen) atoms. The molecule has 1 aromatic heterocycles. The molecule has 2 heterocycles. The molecule has 0 bridgehead atoms. The molecule has 0 radical (unpaired) electrons. The first-order chi connectivity index (χ1) is 14.5. The zero-order chi connectivity index (χ0) is 21.1. The third kappa shape index (κ3) is 4.13. The van der Waals surface area contributed by atoms with Crippen molar-refractivity contribution in [2.45, 2.75) is 25.4 Å². The fourth-order valence-corrected chi connectivity index (χ4v) is 3.98. The van der Waals surface area contributed by atoms with Crippen LogP contribution in [0.25, 0.3) is 10.9 Å². The minimum absolute atomic E-state index is 0.0395. The summed E-state index contributed by atoms with van der Waals surface area (Å²) in [6, 6.07) is 15.8. The predicted octanol–water partition coefficient (Wildman–Crippen LogP) is 3.78. The number of nitrogens with zero attached hydrogens (tertiary/aromatic N) is 2. The van der Waals surface area contributed by atoms with E-state index in [1.165, 1.54) is 18.2 Å². The second-order valence-electron chi connectivity index (χ2n) is 7.57. The van der Waals surface area contributed by atoms with E-state index in [-0.39, 0.29) is 23.3 Å². The van der Waals surface area contributed by atoms with Crippen LogP contribution in [0, 0.1) is 5.82 Å². The van der Waals surface area contributed by atoms with Crippen LogP contribution in [0.1, 0.15) is 18.4 Å². The van der Waals surface area contributed by atoms with Crippen LogP contribution >= 0.6 is 0 Å². The van der Waals surface area contributed by atoms with E-state index in [1.54, 1.807) is 27.7 Å². The summed E-state index contributed by atoms with van der Waals surface area (Å²) in [5.74, 6) is -0.335. The van der Waals surface area contributed by atoms with Gasteiger partial charge in [0.25, 0.3) is 5.56 Å². The molecule has 4 rings (SSSR count). The van der Waals surface area contributed by atoms with Crippen molar-refractivity contribution in [3.05, 3.63) is 89.0 Å². The van der Waals surface area contributed by atoms with Crippen molar-refractivity contribution in [1.82, 2.24) is 9.47 Å². The molecular formula is C24H24FN3O2. The number of anilines is 1. The van der Waals surface area contributed by atoms with Gasteiger partial charge < -0.3 is 14.8 Å². The highest BCUT2D eigenvalue weighted by Gasteiger charge is 2.22. The number of para-hydroxylation sites is 1. The third-order valence-electron chi connectivity index (χ3n) is 5.61. The molecule has 3 aromatic rings. The van der Waals surface area contributed by atoms with E-state index in [4.69, 9.17) is 0 Å². The van der Waals surface area contributed by atoms with Crippen LogP contribution in [0.5, 0.6) is 0 Å². The second kappa shape index (κ2) is 8.53. The zero-order valence-corrected chi connectivity index (χ0v) is 16.7. The Morgan fingerprint density at radius 3 is 2.53 bits per heavy atom. The lowest BCUT2D eigenvalue weighted by Gasteiger charge is -2.32. The van der Waals surface area contributed by atoms with E-state index in [0.717, 1.165) is 35.0 Å². The lowest BCUT2D eigenvalue weighted by atomic mass is 10.0. The maximum atomic E-state index is 13.2. The fourth-order valence-electron chi connectivity index (χ4n) is 3.98. The molecule has 0 atom stereocenters. The van der Waals surface area contributed by atoms with Crippen molar-refractivity contribution < 1.29 is 9.18 Å². The number of piperidine rings is 1. The summed E-state index contributed by atoms with van der Waals surface area (Å²) < 4.78 is 14.9. The van der Waals surface area contributed by atoms with Gasteiger partial charge in [0.2, 0.25) is 5.91 Å². The summed E-state index contributed by atoms with van der Waals surface area (Å²) >= 11 is 0. The number of nitrogens with one attached hydrogen (secondary N) is 1. The van der Waals surface area contributed by atoms with Gasteiger partial charge in [0, 0.05) is 36.3 Å². The Morgan fingerprint density at radius 2 is 1.83 bits per heavy atom. The lowest BCUT2D eigenvalue weighted by Crippen LogP contribution is -2.41. The van der Waals surface area contributed by atoms with Gasteiger partial charge in [-0.2, -0.15) is 0 Å². The number of rotatable bonds is 5. The minimum atomic E-state index is -0.295. The molecule has 1 amide bonds. The van der Waals surface area contributed by atoms with Crippen LogP contribution < -0.4 is 10.9 Å². The molecule has 6 heteroatoms. The van der Waals surface area contributed by atoms with E-state index in [0.29, 0.717) is 19.6 Å². The number of amides is 1. The van der Waals surface area contributed by atoms with Crippen LogP contribution in [0.4, 0.5) is 10.1 Å². The molecule has 2 aromatic carbocycles. The number of halogens is 1. The van der Waals surface area contributed by atoms with E-state index < -0.39 is 0 Å². The quantitative estimate of drug-likeness (QED) is 0.658. The molecule has 0 unspecified atom stereocenters. The van der Waals surface area contributed by atoms with Gasteiger partial charge in [-0.15, -0.1) is 0 Å². The highest BCUT2D eigenvalue weighted by atomic mass is 19.1. The standard InChI is InChI=1S/C24H24FN3O2/c1-2-23(29)27-13-11-19(12-14-27)26-21-15-24(30)28(22-6-4-3-5-20(21)22)16-17-7-9-18(25)10-8-17/h2-10,15,19,26H,1,11-14,16H2. The first kappa shape index (κ1) is 19.9. The van der Waals surface area contributed by atoms with Crippen LogP contribution in [-0.4, -0.2) is 34.5 Å². The van der Waals surface area contributed by atoms with Crippen LogP contribution in [0.2, 0.25) is 0 Å². The largest absolute Gasteiger partial charge is 0.381 e. The Morgan fingerprint density at radius 1 is 1.13 bits per heavy atom. The number of benzene rings is 2. The molecule has 5 nitrogen and oxygen atoms in total. The topological polar surface area (TPSA) is 54.3 Å². The van der Waals surface area contributed by atoms with Crippen molar-refractivity contribution >= 4 is 22.5 Å². The Hall–Kier alpha value is -3.41. The highest BCUT2D eigenvalue weighted by molar-refractivity contribution is 5.91. The molecule has 1 aliphatic rings. The van der Waals surface area contributed by atoms with Crippen LogP contribution in [-0.2, 0) is 11.3 Å². The van der Waals surface area contributed by atoms with E-state index >= 15 is 0 Å². The number of carbonyl (C=O) groups excluding carboxylic acids is 1. The Kier molecular flexibility index (Phi) is 5.65. The summed E-state index contributed by atoms with van der Waals surface area (Å²) in [6.45, 7) is 5.26. The average molecular weight is 405 g/mol. The smallest absolute Gasteiger partial charge is 0.253 e. The monoisotopic (exact) mass is 405 g/mol. The Balaban J connectivity index is 1.60. The van der Waals surface area contributed by atoms with Crippen molar-refractivity contribution in [3.63, 3.8) is 0 Å².